The summed E-state index contributed by atoms with van der Waals surface area (Å²) in [5, 5.41) is 6.89. The highest BCUT2D eigenvalue weighted by atomic mass is 35.5. The van der Waals surface area contributed by atoms with E-state index in [0.29, 0.717) is 26.8 Å². The first-order valence-electron chi connectivity index (χ1n) is 9.04. The topological polar surface area (TPSA) is 71.1 Å². The molecule has 2 heterocycles. The van der Waals surface area contributed by atoms with Gasteiger partial charge in [-0.25, -0.2) is 0 Å². The molecule has 0 spiro atoms. The first-order valence-corrected chi connectivity index (χ1v) is 10.2. The second kappa shape index (κ2) is 8.12. The van der Waals surface area contributed by atoms with Gasteiger partial charge >= 0.3 is 0 Å². The fraction of sp³-hybridized carbons (Fsp3) is 0.190. The van der Waals surface area contributed by atoms with E-state index in [-0.39, 0.29) is 11.8 Å². The molecule has 0 fully saturated rings. The van der Waals surface area contributed by atoms with Crippen LogP contribution in [0.2, 0.25) is 5.02 Å². The van der Waals surface area contributed by atoms with Gasteiger partial charge in [0.15, 0.2) is 0 Å². The molecule has 142 valence electrons. The smallest absolute Gasteiger partial charge is 0.259 e. The molecule has 5 nitrogen and oxygen atoms in total. The summed E-state index contributed by atoms with van der Waals surface area (Å²) in [5.41, 5.74) is 2.67. The molecule has 0 atom stereocenters. The Kier molecular flexibility index (Phi) is 5.41. The maximum absolute atomic E-state index is 13.0. The highest BCUT2D eigenvalue weighted by molar-refractivity contribution is 7.17. The summed E-state index contributed by atoms with van der Waals surface area (Å²) in [6.07, 6.45) is 7.16. The van der Waals surface area contributed by atoms with Crippen LogP contribution in [-0.4, -0.2) is 16.8 Å². The Morgan fingerprint density at radius 1 is 1.04 bits per heavy atom. The Bertz CT molecular complexity index is 1030. The molecule has 1 aliphatic carbocycles. The second-order valence-corrected chi connectivity index (χ2v) is 8.12. The number of nitrogens with one attached hydrogen (secondary N) is 2. The molecule has 4 rings (SSSR count). The van der Waals surface area contributed by atoms with Crippen molar-refractivity contribution in [1.29, 1.82) is 0 Å². The van der Waals surface area contributed by atoms with Gasteiger partial charge in [-0.15, -0.1) is 11.3 Å². The summed E-state index contributed by atoms with van der Waals surface area (Å²) < 4.78 is 0. The number of halogens is 1. The molecule has 2 N–H and O–H groups in total. The molecular weight excluding hydrogens is 394 g/mol. The van der Waals surface area contributed by atoms with Gasteiger partial charge in [0.1, 0.15) is 5.00 Å². The van der Waals surface area contributed by atoms with Crippen LogP contribution >= 0.6 is 22.9 Å². The van der Waals surface area contributed by atoms with E-state index < -0.39 is 0 Å². The zero-order valence-electron chi connectivity index (χ0n) is 15.0. The molecule has 0 saturated carbocycles. The van der Waals surface area contributed by atoms with Crippen molar-refractivity contribution in [2.45, 2.75) is 25.7 Å². The van der Waals surface area contributed by atoms with E-state index in [1.165, 1.54) is 16.2 Å². The molecule has 2 aromatic heterocycles. The number of aryl methyl sites for hydroxylation is 1. The molecule has 0 bridgehead atoms. The van der Waals surface area contributed by atoms with Crippen molar-refractivity contribution < 1.29 is 9.59 Å². The van der Waals surface area contributed by atoms with Gasteiger partial charge in [0.2, 0.25) is 0 Å². The summed E-state index contributed by atoms with van der Waals surface area (Å²) in [6.45, 7) is 0. The standard InChI is InChI=1S/C21H18ClN3O2S/c22-14-6-3-5-13(11-14)19(26)25-21-18(16-8-1-2-9-17(16)28-21)20(27)24-15-7-4-10-23-12-15/h3-7,10-12H,1-2,8-9H2,(H,24,27)(H,25,26). The van der Waals surface area contributed by atoms with Crippen LogP contribution < -0.4 is 10.6 Å². The van der Waals surface area contributed by atoms with Gasteiger partial charge in [0, 0.05) is 21.7 Å². The molecule has 1 aliphatic rings. The van der Waals surface area contributed by atoms with Crippen LogP contribution in [0.15, 0.2) is 48.8 Å². The van der Waals surface area contributed by atoms with Gasteiger partial charge in [-0.1, -0.05) is 17.7 Å². The number of thiophene rings is 1. The third kappa shape index (κ3) is 3.93. The number of rotatable bonds is 4. The summed E-state index contributed by atoms with van der Waals surface area (Å²) in [6, 6.07) is 10.3. The molecule has 1 aromatic carbocycles. The van der Waals surface area contributed by atoms with E-state index in [2.05, 4.69) is 15.6 Å². The zero-order valence-corrected chi connectivity index (χ0v) is 16.6. The first-order chi connectivity index (χ1) is 13.6. The molecule has 0 saturated heterocycles. The minimum Gasteiger partial charge on any atom is -0.320 e. The van der Waals surface area contributed by atoms with Crippen molar-refractivity contribution in [2.24, 2.45) is 0 Å². The van der Waals surface area contributed by atoms with Crippen molar-refractivity contribution in [2.75, 3.05) is 10.6 Å². The Balaban J connectivity index is 1.66. The molecule has 2 amide bonds. The van der Waals surface area contributed by atoms with Crippen LogP contribution in [-0.2, 0) is 12.8 Å². The minimum absolute atomic E-state index is 0.228. The van der Waals surface area contributed by atoms with Crippen molar-refractivity contribution >= 4 is 45.4 Å². The van der Waals surface area contributed by atoms with E-state index in [4.69, 9.17) is 11.6 Å². The zero-order chi connectivity index (χ0) is 19.5. The molecule has 0 aliphatic heterocycles. The third-order valence-corrected chi connectivity index (χ3v) is 6.07. The molecule has 3 aromatic rings. The number of amides is 2. The Morgan fingerprint density at radius 2 is 1.89 bits per heavy atom. The van der Waals surface area contributed by atoms with Crippen molar-refractivity contribution in [1.82, 2.24) is 4.98 Å². The lowest BCUT2D eigenvalue weighted by molar-refractivity contribution is 0.102. The van der Waals surface area contributed by atoms with Crippen molar-refractivity contribution in [3.63, 3.8) is 0 Å². The highest BCUT2D eigenvalue weighted by Gasteiger charge is 2.26. The summed E-state index contributed by atoms with van der Waals surface area (Å²) in [5.74, 6) is -0.509. The van der Waals surface area contributed by atoms with E-state index >= 15 is 0 Å². The fourth-order valence-electron chi connectivity index (χ4n) is 3.33. The van der Waals surface area contributed by atoms with Gasteiger partial charge in [0.25, 0.3) is 11.8 Å². The lowest BCUT2D eigenvalue weighted by Crippen LogP contribution is -2.18. The average Bonchev–Trinajstić information content (AvgIpc) is 3.06. The van der Waals surface area contributed by atoms with Crippen LogP contribution in [0.5, 0.6) is 0 Å². The maximum Gasteiger partial charge on any atom is 0.259 e. The third-order valence-electron chi connectivity index (χ3n) is 4.63. The SMILES string of the molecule is O=C(Nc1sc2c(c1C(=O)Nc1cccnc1)CCCC2)c1cccc(Cl)c1. The number of aromatic nitrogens is 1. The summed E-state index contributed by atoms with van der Waals surface area (Å²) >= 11 is 7.49. The second-order valence-electron chi connectivity index (χ2n) is 6.58. The lowest BCUT2D eigenvalue weighted by Gasteiger charge is -2.13. The summed E-state index contributed by atoms with van der Waals surface area (Å²) in [4.78, 5) is 30.9. The highest BCUT2D eigenvalue weighted by Crippen LogP contribution is 2.38. The molecule has 28 heavy (non-hydrogen) atoms. The van der Waals surface area contributed by atoms with Crippen molar-refractivity contribution in [3.05, 3.63) is 75.4 Å². The summed E-state index contributed by atoms with van der Waals surface area (Å²) in [7, 11) is 0. The number of carbonyl (C=O) groups excluding carboxylic acids is 2. The lowest BCUT2D eigenvalue weighted by atomic mass is 9.95. The van der Waals surface area contributed by atoms with Crippen LogP contribution in [0.1, 0.15) is 44.0 Å². The van der Waals surface area contributed by atoms with Crippen LogP contribution in [0, 0.1) is 0 Å². The van der Waals surface area contributed by atoms with Crippen LogP contribution in [0.25, 0.3) is 0 Å². The number of nitrogens with zero attached hydrogens (tertiary/aromatic N) is 1. The first kappa shape index (κ1) is 18.7. The molecule has 7 heteroatoms. The number of fused-ring (bicyclic) bond motifs is 1. The molecule has 0 unspecified atom stereocenters. The minimum atomic E-state index is -0.281. The number of hydrogen-bond acceptors (Lipinski definition) is 4. The predicted molar refractivity (Wildman–Crippen MR) is 113 cm³/mol. The number of benzene rings is 1. The molecule has 0 radical (unpaired) electrons. The predicted octanol–water partition coefficient (Wildman–Crippen LogP) is 5.18. The van der Waals surface area contributed by atoms with E-state index in [0.717, 1.165) is 31.2 Å². The Morgan fingerprint density at radius 3 is 2.68 bits per heavy atom. The van der Waals surface area contributed by atoms with E-state index in [9.17, 15) is 9.59 Å². The van der Waals surface area contributed by atoms with E-state index in [1.807, 2.05) is 0 Å². The maximum atomic E-state index is 13.0. The van der Waals surface area contributed by atoms with Crippen molar-refractivity contribution in [3.8, 4) is 0 Å². The number of hydrogen-bond donors (Lipinski definition) is 2. The quantitative estimate of drug-likeness (QED) is 0.621. The number of pyridine rings is 1. The van der Waals surface area contributed by atoms with Gasteiger partial charge in [-0.3, -0.25) is 14.6 Å². The monoisotopic (exact) mass is 411 g/mol. The number of anilines is 2. The normalized spacial score (nSPS) is 12.9. The van der Waals surface area contributed by atoms with E-state index in [1.54, 1.807) is 48.8 Å². The van der Waals surface area contributed by atoms with Crippen LogP contribution in [0.3, 0.4) is 0 Å². The largest absolute Gasteiger partial charge is 0.320 e. The Hall–Kier alpha value is -2.70. The Labute approximate surface area is 171 Å². The van der Waals surface area contributed by atoms with Gasteiger partial charge in [-0.2, -0.15) is 0 Å². The average molecular weight is 412 g/mol. The van der Waals surface area contributed by atoms with Gasteiger partial charge < -0.3 is 10.6 Å². The number of carbonyl (C=O) groups is 2. The van der Waals surface area contributed by atoms with Gasteiger partial charge in [-0.05, 0) is 61.6 Å². The van der Waals surface area contributed by atoms with Gasteiger partial charge in [0.05, 0.1) is 17.4 Å². The van der Waals surface area contributed by atoms with Crippen LogP contribution in [0.4, 0.5) is 10.7 Å². The molecular formula is C21H18ClN3O2S. The fourth-order valence-corrected chi connectivity index (χ4v) is 4.80.